The van der Waals surface area contributed by atoms with Crippen molar-refractivity contribution in [1.29, 1.82) is 0 Å². The van der Waals surface area contributed by atoms with Gasteiger partial charge >= 0.3 is 6.18 Å². The van der Waals surface area contributed by atoms with Crippen LogP contribution in [0.3, 0.4) is 0 Å². The Bertz CT molecular complexity index is 1060. The van der Waals surface area contributed by atoms with Crippen molar-refractivity contribution in [1.82, 2.24) is 9.88 Å². The molecule has 0 fully saturated rings. The van der Waals surface area contributed by atoms with E-state index in [4.69, 9.17) is 0 Å². The van der Waals surface area contributed by atoms with Crippen molar-refractivity contribution in [2.75, 3.05) is 24.5 Å². The fraction of sp³-hybridized carbons (Fsp3) is 0.316. The van der Waals surface area contributed by atoms with Crippen molar-refractivity contribution in [3.05, 3.63) is 54.3 Å². The maximum absolute atomic E-state index is 12.6. The first-order valence-corrected chi connectivity index (χ1v) is 11.4. The molecule has 2 heterocycles. The van der Waals surface area contributed by atoms with Crippen LogP contribution >= 0.6 is 11.3 Å². The summed E-state index contributed by atoms with van der Waals surface area (Å²) in [7, 11) is -3.77. The molecule has 6 nitrogen and oxygen atoms in total. The first-order valence-electron chi connectivity index (χ1n) is 9.14. The average Bonchev–Trinajstić information content (AvgIpc) is 3.38. The van der Waals surface area contributed by atoms with Gasteiger partial charge in [0.2, 0.25) is 15.8 Å². The van der Waals surface area contributed by atoms with Gasteiger partial charge in [-0.25, -0.2) is 13.1 Å². The third-order valence-electron chi connectivity index (χ3n) is 4.29. The molecule has 1 N–H and O–H groups in total. The highest BCUT2D eigenvalue weighted by Gasteiger charge is 2.36. The van der Waals surface area contributed by atoms with Crippen LogP contribution in [0.25, 0.3) is 10.6 Å². The second-order valence-corrected chi connectivity index (χ2v) is 9.44. The Morgan fingerprint density at radius 2 is 1.90 bits per heavy atom. The van der Waals surface area contributed by atoms with Crippen molar-refractivity contribution < 1.29 is 26.1 Å². The Labute approximate surface area is 176 Å². The van der Waals surface area contributed by atoms with Gasteiger partial charge in [0, 0.05) is 31.4 Å². The van der Waals surface area contributed by atoms with E-state index >= 15 is 0 Å². The largest absolute Gasteiger partial charge is 0.452 e. The number of aromatic nitrogens is 1. The number of nitrogens with zero attached hydrogens (tertiary/aromatic N) is 2. The number of sulfonamides is 1. The minimum Gasteiger partial charge on any atom is -0.372 e. The van der Waals surface area contributed by atoms with Crippen LogP contribution in [0.15, 0.2) is 57.3 Å². The maximum Gasteiger partial charge on any atom is 0.452 e. The van der Waals surface area contributed by atoms with Gasteiger partial charge in [0.05, 0.1) is 4.88 Å². The van der Waals surface area contributed by atoms with E-state index in [0.29, 0.717) is 13.0 Å². The number of hydrogen-bond acceptors (Lipinski definition) is 6. The van der Waals surface area contributed by atoms with E-state index in [1.807, 2.05) is 37.3 Å². The molecule has 3 rings (SSSR count). The number of hydrogen-bond donors (Lipinski definition) is 1. The maximum atomic E-state index is 12.6. The number of para-hydroxylation sites is 1. The third-order valence-corrected chi connectivity index (χ3v) is 7.35. The third kappa shape index (κ3) is 5.41. The van der Waals surface area contributed by atoms with E-state index in [9.17, 15) is 21.6 Å². The van der Waals surface area contributed by atoms with Gasteiger partial charge in [-0.05, 0) is 37.6 Å². The predicted molar refractivity (Wildman–Crippen MR) is 109 cm³/mol. The molecular formula is C19H20F3N3O3S2. The van der Waals surface area contributed by atoms with Crippen molar-refractivity contribution in [3.8, 4) is 10.6 Å². The molecule has 11 heteroatoms. The molecule has 162 valence electrons. The number of alkyl halides is 3. The van der Waals surface area contributed by atoms with Gasteiger partial charge in [0.15, 0.2) is 0 Å². The second kappa shape index (κ2) is 9.19. The van der Waals surface area contributed by atoms with Crippen molar-refractivity contribution >= 4 is 27.0 Å². The summed E-state index contributed by atoms with van der Waals surface area (Å²) in [6.45, 7) is 3.74. The van der Waals surface area contributed by atoms with Crippen molar-refractivity contribution in [2.45, 2.75) is 23.7 Å². The standard InChI is InChI=1S/C19H20F3N3O3S2/c1-2-25(14-7-4-3-5-8-14)12-6-11-23-30(26,27)18-10-9-16(29-18)15-13-17(28-24-15)19(20,21)22/h3-5,7-10,13,23H,2,6,11-12H2,1H3. The first kappa shape index (κ1) is 22.3. The molecule has 0 bridgehead atoms. The second-order valence-electron chi connectivity index (χ2n) is 6.36. The Hall–Kier alpha value is -2.37. The van der Waals surface area contributed by atoms with Crippen LogP contribution in [0.5, 0.6) is 0 Å². The Kier molecular flexibility index (Phi) is 6.84. The molecule has 0 amide bonds. The number of thiophene rings is 1. The minimum atomic E-state index is -4.65. The molecule has 0 aliphatic heterocycles. The quantitative estimate of drug-likeness (QED) is 0.473. The monoisotopic (exact) mass is 459 g/mol. The molecule has 0 aliphatic carbocycles. The summed E-state index contributed by atoms with van der Waals surface area (Å²) in [6, 6.07) is 13.3. The summed E-state index contributed by atoms with van der Waals surface area (Å²) in [5, 5.41) is 3.38. The van der Waals surface area contributed by atoms with Gasteiger partial charge < -0.3 is 9.42 Å². The van der Waals surface area contributed by atoms with Crippen LogP contribution in [0, 0.1) is 0 Å². The summed E-state index contributed by atoms with van der Waals surface area (Å²) < 4.78 is 69.7. The van der Waals surface area contributed by atoms with Gasteiger partial charge in [-0.1, -0.05) is 23.4 Å². The molecule has 0 saturated carbocycles. The number of benzene rings is 1. The zero-order valence-electron chi connectivity index (χ0n) is 16.0. The van der Waals surface area contributed by atoms with Crippen LogP contribution in [0.1, 0.15) is 19.1 Å². The topological polar surface area (TPSA) is 75.4 Å². The lowest BCUT2D eigenvalue weighted by Gasteiger charge is -2.23. The van der Waals surface area contributed by atoms with E-state index in [-0.39, 0.29) is 21.3 Å². The van der Waals surface area contributed by atoms with E-state index in [1.54, 1.807) is 0 Å². The Morgan fingerprint density at radius 3 is 2.53 bits per heavy atom. The summed E-state index contributed by atoms with van der Waals surface area (Å²) >= 11 is 0.832. The Balaban J connectivity index is 1.58. The van der Waals surface area contributed by atoms with E-state index < -0.39 is 22.0 Å². The fourth-order valence-corrected chi connectivity index (χ4v) is 5.16. The summed E-state index contributed by atoms with van der Waals surface area (Å²) in [5.41, 5.74) is 1.01. The van der Waals surface area contributed by atoms with Gasteiger partial charge in [-0.15, -0.1) is 11.3 Å². The highest BCUT2D eigenvalue weighted by molar-refractivity contribution is 7.91. The van der Waals surface area contributed by atoms with Crippen LogP contribution in [-0.4, -0.2) is 33.2 Å². The van der Waals surface area contributed by atoms with Gasteiger partial charge in [-0.2, -0.15) is 13.2 Å². The van der Waals surface area contributed by atoms with Crippen LogP contribution in [0.2, 0.25) is 0 Å². The summed E-state index contributed by atoms with van der Waals surface area (Å²) in [6.07, 6.45) is -4.05. The van der Waals surface area contributed by atoms with Crippen LogP contribution in [0.4, 0.5) is 18.9 Å². The van der Waals surface area contributed by atoms with E-state index in [0.717, 1.165) is 29.6 Å². The normalized spacial score (nSPS) is 12.3. The van der Waals surface area contributed by atoms with Gasteiger partial charge in [0.25, 0.3) is 0 Å². The molecular weight excluding hydrogens is 439 g/mol. The lowest BCUT2D eigenvalue weighted by Crippen LogP contribution is -2.29. The molecule has 0 spiro atoms. The van der Waals surface area contributed by atoms with E-state index in [1.165, 1.54) is 12.1 Å². The van der Waals surface area contributed by atoms with Crippen LogP contribution < -0.4 is 9.62 Å². The van der Waals surface area contributed by atoms with Crippen molar-refractivity contribution in [3.63, 3.8) is 0 Å². The number of rotatable bonds is 9. The van der Waals surface area contributed by atoms with Gasteiger partial charge in [-0.3, -0.25) is 0 Å². The molecule has 3 aromatic rings. The van der Waals surface area contributed by atoms with E-state index in [2.05, 4.69) is 19.3 Å². The summed E-state index contributed by atoms with van der Waals surface area (Å²) in [5.74, 6) is -1.23. The molecule has 1 aromatic carbocycles. The lowest BCUT2D eigenvalue weighted by molar-refractivity contribution is -0.155. The smallest absolute Gasteiger partial charge is 0.372 e. The molecule has 0 aliphatic rings. The lowest BCUT2D eigenvalue weighted by atomic mass is 10.2. The first-order chi connectivity index (χ1) is 14.2. The highest BCUT2D eigenvalue weighted by atomic mass is 32.2. The molecule has 0 saturated heterocycles. The molecule has 2 aromatic heterocycles. The number of nitrogens with one attached hydrogen (secondary N) is 1. The predicted octanol–water partition coefficient (Wildman–Crippen LogP) is 4.62. The average molecular weight is 460 g/mol. The van der Waals surface area contributed by atoms with Gasteiger partial charge in [0.1, 0.15) is 9.90 Å². The molecule has 30 heavy (non-hydrogen) atoms. The molecule has 0 unspecified atom stereocenters. The highest BCUT2D eigenvalue weighted by Crippen LogP contribution is 2.35. The number of halogens is 3. The van der Waals surface area contributed by atoms with Crippen LogP contribution in [-0.2, 0) is 16.2 Å². The fourth-order valence-electron chi connectivity index (χ4n) is 2.78. The Morgan fingerprint density at radius 1 is 1.17 bits per heavy atom. The molecule has 0 radical (unpaired) electrons. The zero-order valence-corrected chi connectivity index (χ0v) is 17.6. The number of anilines is 1. The van der Waals surface area contributed by atoms with Crippen molar-refractivity contribution in [2.24, 2.45) is 0 Å². The molecule has 0 atom stereocenters. The SMILES string of the molecule is CCN(CCCNS(=O)(=O)c1ccc(-c2cc(C(F)(F)F)on2)s1)c1ccccc1. The minimum absolute atomic E-state index is 0.00413. The summed E-state index contributed by atoms with van der Waals surface area (Å²) in [4.78, 5) is 2.41. The zero-order chi connectivity index (χ0) is 21.8.